The topological polar surface area (TPSA) is 44.8 Å². The van der Waals surface area contributed by atoms with Gasteiger partial charge in [0, 0.05) is 6.07 Å². The van der Waals surface area contributed by atoms with Crippen molar-refractivity contribution in [3.05, 3.63) is 29.3 Å². The van der Waals surface area contributed by atoms with E-state index in [9.17, 15) is 4.79 Å². The first-order valence-electron chi connectivity index (χ1n) is 5.26. The quantitative estimate of drug-likeness (QED) is 0.751. The molecule has 0 radical (unpaired) electrons. The van der Waals surface area contributed by atoms with Crippen molar-refractivity contribution in [2.75, 3.05) is 20.8 Å². The highest BCUT2D eigenvalue weighted by atomic mass is 16.5. The van der Waals surface area contributed by atoms with Crippen LogP contribution in [0.3, 0.4) is 0 Å². The molecule has 0 amide bonds. The summed E-state index contributed by atoms with van der Waals surface area (Å²) in [6, 6.07) is 5.36. The zero-order valence-corrected chi connectivity index (χ0v) is 10.1. The molecule has 90 valence electrons. The normalized spacial score (nSPS) is 14.9. The lowest BCUT2D eigenvalue weighted by Crippen LogP contribution is -1.99. The van der Waals surface area contributed by atoms with Gasteiger partial charge in [0.2, 0.25) is 0 Å². The fourth-order valence-electron chi connectivity index (χ4n) is 1.81. The van der Waals surface area contributed by atoms with E-state index in [1.165, 1.54) is 0 Å². The van der Waals surface area contributed by atoms with Crippen molar-refractivity contribution in [1.29, 1.82) is 0 Å². The highest BCUT2D eigenvalue weighted by Crippen LogP contribution is 2.31. The second kappa shape index (κ2) is 4.49. The SMILES string of the molecule is COc1cc(OC)cc(C2=C(C)COC2=O)c1. The number of esters is 1. The van der Waals surface area contributed by atoms with E-state index in [1.807, 2.05) is 6.92 Å². The number of hydrogen-bond donors (Lipinski definition) is 0. The lowest BCUT2D eigenvalue weighted by molar-refractivity contribution is -0.134. The number of benzene rings is 1. The van der Waals surface area contributed by atoms with E-state index in [4.69, 9.17) is 14.2 Å². The first kappa shape index (κ1) is 11.5. The summed E-state index contributed by atoms with van der Waals surface area (Å²) < 4.78 is 15.3. The third kappa shape index (κ3) is 2.11. The molecule has 0 atom stereocenters. The molecule has 0 aliphatic carbocycles. The van der Waals surface area contributed by atoms with Crippen LogP contribution in [0.15, 0.2) is 23.8 Å². The van der Waals surface area contributed by atoms with Crippen molar-refractivity contribution in [3.8, 4) is 11.5 Å². The lowest BCUT2D eigenvalue weighted by Gasteiger charge is -2.08. The maximum absolute atomic E-state index is 11.6. The first-order chi connectivity index (χ1) is 8.15. The fraction of sp³-hybridized carbons (Fsp3) is 0.308. The summed E-state index contributed by atoms with van der Waals surface area (Å²) in [5, 5.41) is 0. The summed E-state index contributed by atoms with van der Waals surface area (Å²) in [4.78, 5) is 11.6. The molecule has 1 aliphatic heterocycles. The Morgan fingerprint density at radius 3 is 2.12 bits per heavy atom. The van der Waals surface area contributed by atoms with Gasteiger partial charge in [-0.15, -0.1) is 0 Å². The predicted octanol–water partition coefficient (Wildman–Crippen LogP) is 2.03. The molecular weight excluding hydrogens is 220 g/mol. The monoisotopic (exact) mass is 234 g/mol. The molecule has 4 heteroatoms. The molecule has 0 fully saturated rings. The van der Waals surface area contributed by atoms with Gasteiger partial charge in [-0.3, -0.25) is 0 Å². The lowest BCUT2D eigenvalue weighted by atomic mass is 10.0. The van der Waals surface area contributed by atoms with Gasteiger partial charge in [0.1, 0.15) is 18.1 Å². The molecule has 4 nitrogen and oxygen atoms in total. The summed E-state index contributed by atoms with van der Waals surface area (Å²) in [7, 11) is 3.15. The smallest absolute Gasteiger partial charge is 0.339 e. The van der Waals surface area contributed by atoms with Crippen LogP contribution in [0.5, 0.6) is 11.5 Å². The van der Waals surface area contributed by atoms with Crippen LogP contribution in [0.25, 0.3) is 5.57 Å². The van der Waals surface area contributed by atoms with Crippen LogP contribution in [0.2, 0.25) is 0 Å². The summed E-state index contributed by atoms with van der Waals surface area (Å²) in [6.07, 6.45) is 0. The largest absolute Gasteiger partial charge is 0.497 e. The molecule has 0 saturated carbocycles. The Morgan fingerprint density at radius 1 is 1.12 bits per heavy atom. The first-order valence-corrected chi connectivity index (χ1v) is 5.26. The number of hydrogen-bond acceptors (Lipinski definition) is 4. The van der Waals surface area contributed by atoms with Gasteiger partial charge in [-0.2, -0.15) is 0 Å². The van der Waals surface area contributed by atoms with Crippen LogP contribution in [0.1, 0.15) is 12.5 Å². The van der Waals surface area contributed by atoms with Crippen LogP contribution < -0.4 is 9.47 Å². The summed E-state index contributed by atoms with van der Waals surface area (Å²) in [6.45, 7) is 2.24. The zero-order valence-electron chi connectivity index (χ0n) is 10.1. The fourth-order valence-corrected chi connectivity index (χ4v) is 1.81. The molecule has 1 aromatic rings. The Bertz CT molecular complexity index is 466. The van der Waals surface area contributed by atoms with Gasteiger partial charge in [0.25, 0.3) is 0 Å². The second-order valence-corrected chi connectivity index (χ2v) is 3.83. The highest BCUT2D eigenvalue weighted by molar-refractivity contribution is 6.19. The number of cyclic esters (lactones) is 1. The van der Waals surface area contributed by atoms with Gasteiger partial charge in [-0.25, -0.2) is 4.79 Å². The van der Waals surface area contributed by atoms with E-state index in [0.29, 0.717) is 23.7 Å². The van der Waals surface area contributed by atoms with E-state index < -0.39 is 0 Å². The second-order valence-electron chi connectivity index (χ2n) is 3.83. The van der Waals surface area contributed by atoms with Gasteiger partial charge in [0.05, 0.1) is 19.8 Å². The number of carbonyl (C=O) groups is 1. The minimum absolute atomic E-state index is 0.294. The highest BCUT2D eigenvalue weighted by Gasteiger charge is 2.24. The van der Waals surface area contributed by atoms with E-state index in [-0.39, 0.29) is 5.97 Å². The molecular formula is C13H14O4. The van der Waals surface area contributed by atoms with E-state index in [2.05, 4.69) is 0 Å². The van der Waals surface area contributed by atoms with Crippen LogP contribution in [-0.4, -0.2) is 26.8 Å². The third-order valence-electron chi connectivity index (χ3n) is 2.69. The molecule has 0 spiro atoms. The van der Waals surface area contributed by atoms with Crippen molar-refractivity contribution >= 4 is 11.5 Å². The molecule has 0 N–H and O–H groups in total. The zero-order chi connectivity index (χ0) is 12.4. The minimum Gasteiger partial charge on any atom is -0.497 e. The Morgan fingerprint density at radius 2 is 1.71 bits per heavy atom. The molecule has 2 rings (SSSR count). The van der Waals surface area contributed by atoms with Crippen LogP contribution in [-0.2, 0) is 9.53 Å². The Labute approximate surface area is 99.8 Å². The Kier molecular flexibility index (Phi) is 3.04. The average Bonchev–Trinajstić information content (AvgIpc) is 2.68. The van der Waals surface area contributed by atoms with E-state index in [0.717, 1.165) is 11.1 Å². The summed E-state index contributed by atoms with van der Waals surface area (Å²) >= 11 is 0. The summed E-state index contributed by atoms with van der Waals surface area (Å²) in [5.41, 5.74) is 2.29. The van der Waals surface area contributed by atoms with Gasteiger partial charge in [0.15, 0.2) is 0 Å². The van der Waals surface area contributed by atoms with Crippen LogP contribution in [0.4, 0.5) is 0 Å². The molecule has 1 aliphatic rings. The van der Waals surface area contributed by atoms with Gasteiger partial charge < -0.3 is 14.2 Å². The maximum atomic E-state index is 11.6. The van der Waals surface area contributed by atoms with E-state index in [1.54, 1.807) is 32.4 Å². The maximum Gasteiger partial charge on any atom is 0.339 e. The number of carbonyl (C=O) groups excluding carboxylic acids is 1. The van der Waals surface area contributed by atoms with Gasteiger partial charge in [-0.05, 0) is 30.2 Å². The van der Waals surface area contributed by atoms with Crippen molar-refractivity contribution in [3.63, 3.8) is 0 Å². The standard InChI is InChI=1S/C13H14O4/c1-8-7-17-13(14)12(8)9-4-10(15-2)6-11(5-9)16-3/h4-6H,7H2,1-3H3. The molecule has 0 aromatic heterocycles. The van der Waals surface area contributed by atoms with Crippen LogP contribution in [0, 0.1) is 0 Å². The molecule has 0 saturated heterocycles. The van der Waals surface area contributed by atoms with Crippen molar-refractivity contribution in [1.82, 2.24) is 0 Å². The Balaban J connectivity index is 2.51. The molecule has 1 heterocycles. The summed E-state index contributed by atoms with van der Waals surface area (Å²) in [5.74, 6) is 1.01. The molecule has 1 aromatic carbocycles. The Hall–Kier alpha value is -1.97. The van der Waals surface area contributed by atoms with Crippen LogP contribution >= 0.6 is 0 Å². The molecule has 0 bridgehead atoms. The predicted molar refractivity (Wildman–Crippen MR) is 63.1 cm³/mol. The molecule has 17 heavy (non-hydrogen) atoms. The third-order valence-corrected chi connectivity index (χ3v) is 2.69. The number of rotatable bonds is 3. The van der Waals surface area contributed by atoms with Gasteiger partial charge >= 0.3 is 5.97 Å². The van der Waals surface area contributed by atoms with Crippen molar-refractivity contribution in [2.45, 2.75) is 6.92 Å². The minimum atomic E-state index is -0.294. The van der Waals surface area contributed by atoms with Crippen molar-refractivity contribution < 1.29 is 19.0 Å². The number of methoxy groups -OCH3 is 2. The van der Waals surface area contributed by atoms with Gasteiger partial charge in [-0.1, -0.05) is 0 Å². The van der Waals surface area contributed by atoms with E-state index >= 15 is 0 Å². The average molecular weight is 234 g/mol. The number of ether oxygens (including phenoxy) is 3. The van der Waals surface area contributed by atoms with Crippen molar-refractivity contribution in [2.24, 2.45) is 0 Å². The molecule has 0 unspecified atom stereocenters.